The molecule has 6 nitrogen and oxygen atoms in total. The van der Waals surface area contributed by atoms with Gasteiger partial charge in [0.05, 0.1) is 24.0 Å². The largest absolute Gasteiger partial charge is 0.383 e. The summed E-state index contributed by atoms with van der Waals surface area (Å²) in [4.78, 5) is 22.8. The summed E-state index contributed by atoms with van der Waals surface area (Å²) in [5.41, 5.74) is 3.25. The molecule has 3 heterocycles. The maximum Gasteiger partial charge on any atom is 0.230 e. The number of hydrogen-bond donors (Lipinski definition) is 0. The first-order valence-corrected chi connectivity index (χ1v) is 11.0. The highest BCUT2D eigenvalue weighted by Crippen LogP contribution is 2.49. The topological polar surface area (TPSA) is 50.6 Å². The molecule has 2 aromatic rings. The highest BCUT2D eigenvalue weighted by atomic mass is 16.5. The Kier molecular flexibility index (Phi) is 5.98. The number of nitrogens with zero attached hydrogens (tertiary/aromatic N) is 4. The molecular weight excluding hydrogens is 376 g/mol. The fourth-order valence-corrected chi connectivity index (χ4v) is 5.13. The van der Waals surface area contributed by atoms with Gasteiger partial charge in [-0.05, 0) is 32.8 Å². The van der Waals surface area contributed by atoms with Crippen LogP contribution in [0.15, 0.2) is 36.8 Å². The van der Waals surface area contributed by atoms with Gasteiger partial charge < -0.3 is 14.2 Å². The van der Waals surface area contributed by atoms with Crippen LogP contribution in [0.5, 0.6) is 0 Å². The van der Waals surface area contributed by atoms with E-state index in [-0.39, 0.29) is 17.2 Å². The Bertz CT molecular complexity index is 893. The molecule has 0 aliphatic carbocycles. The van der Waals surface area contributed by atoms with Gasteiger partial charge in [0, 0.05) is 58.0 Å². The van der Waals surface area contributed by atoms with E-state index in [1.54, 1.807) is 7.11 Å². The molecule has 4 rings (SSSR count). The molecule has 2 aliphatic rings. The SMILES string of the molecule is COCCN1CC[C@@]2(CN(Cc3cccc(C)c3)C[C@H]2c2cn(C(C)C)cn2)C1=O. The van der Waals surface area contributed by atoms with Crippen molar-refractivity contribution in [2.45, 2.75) is 45.7 Å². The van der Waals surface area contributed by atoms with Crippen LogP contribution in [-0.4, -0.2) is 65.2 Å². The van der Waals surface area contributed by atoms with Crippen molar-refractivity contribution in [2.75, 3.05) is 39.9 Å². The van der Waals surface area contributed by atoms with Crippen LogP contribution in [0.1, 0.15) is 49.0 Å². The van der Waals surface area contributed by atoms with Gasteiger partial charge >= 0.3 is 0 Å². The van der Waals surface area contributed by atoms with Crippen molar-refractivity contribution < 1.29 is 9.53 Å². The number of aryl methyl sites for hydroxylation is 1. The second-order valence-electron chi connectivity index (χ2n) is 9.24. The average molecular weight is 411 g/mol. The fraction of sp³-hybridized carbons (Fsp3) is 0.583. The van der Waals surface area contributed by atoms with E-state index in [4.69, 9.17) is 9.72 Å². The maximum absolute atomic E-state index is 13.6. The van der Waals surface area contributed by atoms with E-state index in [0.717, 1.165) is 38.3 Å². The Morgan fingerprint density at radius 2 is 2.17 bits per heavy atom. The number of benzene rings is 1. The van der Waals surface area contributed by atoms with Gasteiger partial charge in [0.25, 0.3) is 0 Å². The van der Waals surface area contributed by atoms with Gasteiger partial charge in [-0.15, -0.1) is 0 Å². The monoisotopic (exact) mass is 410 g/mol. The number of ether oxygens (including phenoxy) is 1. The highest BCUT2D eigenvalue weighted by Gasteiger charge is 2.57. The van der Waals surface area contributed by atoms with Gasteiger partial charge in [-0.25, -0.2) is 4.98 Å². The van der Waals surface area contributed by atoms with E-state index in [1.807, 2.05) is 11.2 Å². The predicted molar refractivity (Wildman–Crippen MR) is 117 cm³/mol. The first-order chi connectivity index (χ1) is 14.4. The lowest BCUT2D eigenvalue weighted by molar-refractivity contribution is -0.136. The molecule has 0 bridgehead atoms. The van der Waals surface area contributed by atoms with Crippen LogP contribution in [0.25, 0.3) is 0 Å². The van der Waals surface area contributed by atoms with E-state index in [9.17, 15) is 4.79 Å². The van der Waals surface area contributed by atoms with Crippen LogP contribution in [0.3, 0.4) is 0 Å². The Balaban J connectivity index is 1.61. The zero-order chi connectivity index (χ0) is 21.3. The molecule has 0 saturated carbocycles. The lowest BCUT2D eigenvalue weighted by Crippen LogP contribution is -2.40. The summed E-state index contributed by atoms with van der Waals surface area (Å²) < 4.78 is 7.38. The van der Waals surface area contributed by atoms with Crippen LogP contribution < -0.4 is 0 Å². The number of hydrogen-bond acceptors (Lipinski definition) is 4. The molecule has 0 N–H and O–H groups in total. The molecule has 6 heteroatoms. The smallest absolute Gasteiger partial charge is 0.230 e. The molecule has 1 amide bonds. The number of likely N-dealkylation sites (tertiary alicyclic amines) is 2. The van der Waals surface area contributed by atoms with Gasteiger partial charge in [-0.2, -0.15) is 0 Å². The van der Waals surface area contributed by atoms with E-state index in [1.165, 1.54) is 11.1 Å². The summed E-state index contributed by atoms with van der Waals surface area (Å²) in [5.74, 6) is 0.401. The van der Waals surface area contributed by atoms with Gasteiger partial charge in [-0.1, -0.05) is 29.8 Å². The first-order valence-electron chi connectivity index (χ1n) is 11.0. The summed E-state index contributed by atoms with van der Waals surface area (Å²) in [6.45, 7) is 11.0. The molecule has 1 aromatic carbocycles. The van der Waals surface area contributed by atoms with Crippen LogP contribution in [0, 0.1) is 12.3 Å². The third-order valence-corrected chi connectivity index (χ3v) is 6.78. The lowest BCUT2D eigenvalue weighted by atomic mass is 9.75. The second kappa shape index (κ2) is 8.52. The minimum atomic E-state index is -0.381. The molecule has 0 unspecified atom stereocenters. The van der Waals surface area contributed by atoms with E-state index in [2.05, 4.69) is 60.7 Å². The minimum Gasteiger partial charge on any atom is -0.383 e. The highest BCUT2D eigenvalue weighted by molar-refractivity contribution is 5.86. The number of methoxy groups -OCH3 is 1. The Morgan fingerprint density at radius 3 is 2.87 bits per heavy atom. The third kappa shape index (κ3) is 3.91. The second-order valence-corrected chi connectivity index (χ2v) is 9.24. The fourth-order valence-electron chi connectivity index (χ4n) is 5.13. The molecule has 2 saturated heterocycles. The van der Waals surface area contributed by atoms with Crippen molar-refractivity contribution in [1.82, 2.24) is 19.4 Å². The zero-order valence-corrected chi connectivity index (χ0v) is 18.7. The quantitative estimate of drug-likeness (QED) is 0.703. The zero-order valence-electron chi connectivity index (χ0n) is 18.7. The third-order valence-electron chi connectivity index (χ3n) is 6.78. The molecule has 2 fully saturated rings. The van der Waals surface area contributed by atoms with Gasteiger partial charge in [0.15, 0.2) is 0 Å². The number of rotatable bonds is 7. The normalized spacial score (nSPS) is 24.6. The molecule has 2 atom stereocenters. The van der Waals surface area contributed by atoms with Crippen molar-refractivity contribution in [1.29, 1.82) is 0 Å². The van der Waals surface area contributed by atoms with Crippen LogP contribution >= 0.6 is 0 Å². The Hall–Kier alpha value is -2.18. The van der Waals surface area contributed by atoms with Crippen molar-refractivity contribution in [3.05, 3.63) is 53.6 Å². The van der Waals surface area contributed by atoms with E-state index >= 15 is 0 Å². The Labute approximate surface area is 179 Å². The minimum absolute atomic E-state index is 0.127. The molecule has 30 heavy (non-hydrogen) atoms. The van der Waals surface area contributed by atoms with Crippen molar-refractivity contribution in [3.63, 3.8) is 0 Å². The number of carbonyl (C=O) groups is 1. The number of carbonyl (C=O) groups excluding carboxylic acids is 1. The maximum atomic E-state index is 13.6. The average Bonchev–Trinajstić information content (AvgIpc) is 3.40. The van der Waals surface area contributed by atoms with Gasteiger partial charge in [-0.3, -0.25) is 9.69 Å². The Morgan fingerprint density at radius 1 is 1.33 bits per heavy atom. The predicted octanol–water partition coefficient (Wildman–Crippen LogP) is 3.24. The van der Waals surface area contributed by atoms with Crippen LogP contribution in [0.4, 0.5) is 0 Å². The molecular formula is C24H34N4O2. The summed E-state index contributed by atoms with van der Waals surface area (Å²) in [5, 5.41) is 0. The number of amides is 1. The van der Waals surface area contributed by atoms with E-state index < -0.39 is 0 Å². The molecule has 1 aromatic heterocycles. The first kappa shape index (κ1) is 21.1. The van der Waals surface area contributed by atoms with Crippen molar-refractivity contribution in [3.8, 4) is 0 Å². The van der Waals surface area contributed by atoms with Gasteiger partial charge in [0.2, 0.25) is 5.91 Å². The molecule has 162 valence electrons. The molecule has 0 radical (unpaired) electrons. The summed E-state index contributed by atoms with van der Waals surface area (Å²) in [7, 11) is 1.69. The number of aromatic nitrogens is 2. The standard InChI is InChI=1S/C24H34N4O2/c1-18(2)28-15-22(25-17-28)21-14-26(13-20-7-5-6-19(3)12-20)16-24(21)8-9-27(23(24)29)10-11-30-4/h5-7,12,15,17-18,21H,8-11,13-14,16H2,1-4H3/t21-,24-/m0/s1. The summed E-state index contributed by atoms with van der Waals surface area (Å²) >= 11 is 0. The molecule has 2 aliphatic heterocycles. The molecule has 1 spiro atoms. The van der Waals surface area contributed by atoms with Crippen molar-refractivity contribution >= 4 is 5.91 Å². The van der Waals surface area contributed by atoms with Gasteiger partial charge in [0.1, 0.15) is 0 Å². The summed E-state index contributed by atoms with van der Waals surface area (Å²) in [6, 6.07) is 9.04. The lowest BCUT2D eigenvalue weighted by Gasteiger charge is -2.28. The van der Waals surface area contributed by atoms with Crippen LogP contribution in [-0.2, 0) is 16.1 Å². The van der Waals surface area contributed by atoms with Crippen LogP contribution in [0.2, 0.25) is 0 Å². The van der Waals surface area contributed by atoms with E-state index in [0.29, 0.717) is 19.2 Å². The summed E-state index contributed by atoms with van der Waals surface area (Å²) in [6.07, 6.45) is 4.95. The number of imidazole rings is 1. The van der Waals surface area contributed by atoms with Crippen molar-refractivity contribution in [2.24, 2.45) is 5.41 Å².